The van der Waals surface area contributed by atoms with Crippen molar-refractivity contribution in [1.29, 1.82) is 0 Å². The van der Waals surface area contributed by atoms with Crippen molar-refractivity contribution < 1.29 is 4.79 Å². The highest BCUT2D eigenvalue weighted by molar-refractivity contribution is 5.98. The second-order valence-electron chi connectivity index (χ2n) is 8.79. The molecule has 6 nitrogen and oxygen atoms in total. The summed E-state index contributed by atoms with van der Waals surface area (Å²) in [7, 11) is 4.23. The number of aromatic nitrogens is 2. The Morgan fingerprint density at radius 2 is 1.90 bits per heavy atom. The van der Waals surface area contributed by atoms with E-state index in [1.807, 2.05) is 31.2 Å². The van der Waals surface area contributed by atoms with Gasteiger partial charge in [-0.15, -0.1) is 0 Å². The highest BCUT2D eigenvalue weighted by Gasteiger charge is 2.47. The van der Waals surface area contributed by atoms with E-state index in [2.05, 4.69) is 51.3 Å². The lowest BCUT2D eigenvalue weighted by Gasteiger charge is -2.44. The molecule has 3 aromatic rings. The number of benzene rings is 1. The highest BCUT2D eigenvalue weighted by atomic mass is 16.1. The largest absolute Gasteiger partial charge is 0.368 e. The summed E-state index contributed by atoms with van der Waals surface area (Å²) in [6, 6.07) is 12.8. The predicted molar refractivity (Wildman–Crippen MR) is 119 cm³/mol. The van der Waals surface area contributed by atoms with Gasteiger partial charge >= 0.3 is 0 Å². The van der Waals surface area contributed by atoms with Crippen molar-refractivity contribution >= 4 is 22.6 Å². The Morgan fingerprint density at radius 1 is 1.13 bits per heavy atom. The minimum Gasteiger partial charge on any atom is -0.368 e. The van der Waals surface area contributed by atoms with Gasteiger partial charge in [0.1, 0.15) is 0 Å². The summed E-state index contributed by atoms with van der Waals surface area (Å²) in [6.07, 6.45) is 5.40. The summed E-state index contributed by atoms with van der Waals surface area (Å²) in [6.45, 7) is 4.00. The van der Waals surface area contributed by atoms with Crippen LogP contribution in [0, 0.1) is 6.92 Å². The second-order valence-corrected chi connectivity index (χ2v) is 8.79. The first-order chi connectivity index (χ1) is 14.5. The van der Waals surface area contributed by atoms with E-state index in [1.54, 1.807) is 12.4 Å². The molecule has 1 saturated carbocycles. The van der Waals surface area contributed by atoms with Crippen LogP contribution in [0.25, 0.3) is 11.0 Å². The maximum absolute atomic E-state index is 13.3. The number of carbonyl (C=O) groups is 1. The number of hydrogen-bond donors (Lipinski definition) is 1. The SMILES string of the molecule is Cc1ccc(N2CC(N(C)C)C2)cc1C(=O)NC1(c2ccnc3ncccc23)CC1. The molecule has 1 amide bonds. The molecule has 3 heterocycles. The van der Waals surface area contributed by atoms with E-state index in [1.165, 1.54) is 0 Å². The number of rotatable bonds is 5. The lowest BCUT2D eigenvalue weighted by Crippen LogP contribution is -2.57. The number of hydrogen-bond acceptors (Lipinski definition) is 5. The van der Waals surface area contributed by atoms with Crippen molar-refractivity contribution in [3.8, 4) is 0 Å². The summed E-state index contributed by atoms with van der Waals surface area (Å²) in [5.74, 6) is -0.00890. The molecular formula is C24H27N5O. The van der Waals surface area contributed by atoms with Gasteiger partial charge in [0.25, 0.3) is 5.91 Å². The van der Waals surface area contributed by atoms with E-state index >= 15 is 0 Å². The Hall–Kier alpha value is -2.99. The molecule has 0 radical (unpaired) electrons. The van der Waals surface area contributed by atoms with Crippen molar-refractivity contribution in [2.45, 2.75) is 31.3 Å². The van der Waals surface area contributed by atoms with Crippen LogP contribution in [0.15, 0.2) is 48.8 Å². The van der Waals surface area contributed by atoms with Crippen LogP contribution in [0.4, 0.5) is 5.69 Å². The average Bonchev–Trinajstić information content (AvgIpc) is 3.47. The molecule has 30 heavy (non-hydrogen) atoms. The fraction of sp³-hybridized carbons (Fsp3) is 0.375. The number of nitrogens with zero attached hydrogens (tertiary/aromatic N) is 4. The third-order valence-electron chi connectivity index (χ3n) is 6.56. The summed E-state index contributed by atoms with van der Waals surface area (Å²) in [5, 5.41) is 4.35. The highest BCUT2D eigenvalue weighted by Crippen LogP contribution is 2.47. The Bertz CT molecular complexity index is 1110. The second kappa shape index (κ2) is 7.06. The number of aryl methyl sites for hydroxylation is 1. The first-order valence-electron chi connectivity index (χ1n) is 10.5. The molecule has 1 aliphatic heterocycles. The van der Waals surface area contributed by atoms with E-state index in [9.17, 15) is 4.79 Å². The summed E-state index contributed by atoms with van der Waals surface area (Å²) in [4.78, 5) is 26.6. The zero-order chi connectivity index (χ0) is 20.9. The van der Waals surface area contributed by atoms with Gasteiger partial charge in [-0.25, -0.2) is 9.97 Å². The van der Waals surface area contributed by atoms with Gasteiger partial charge in [-0.2, -0.15) is 0 Å². The predicted octanol–water partition coefficient (Wildman–Crippen LogP) is 3.11. The number of nitrogens with one attached hydrogen (secondary N) is 1. The first kappa shape index (κ1) is 19.0. The zero-order valence-electron chi connectivity index (χ0n) is 17.7. The lowest BCUT2D eigenvalue weighted by atomic mass is 9.99. The third kappa shape index (κ3) is 3.21. The number of amides is 1. The van der Waals surface area contributed by atoms with Crippen LogP contribution in [0.5, 0.6) is 0 Å². The van der Waals surface area contributed by atoms with Gasteiger partial charge < -0.3 is 15.1 Å². The van der Waals surface area contributed by atoms with Gasteiger partial charge in [0.05, 0.1) is 5.54 Å². The van der Waals surface area contributed by atoms with Crippen LogP contribution in [-0.4, -0.2) is 54.0 Å². The van der Waals surface area contributed by atoms with Gasteiger partial charge in [-0.1, -0.05) is 6.07 Å². The van der Waals surface area contributed by atoms with Crippen LogP contribution in [0.2, 0.25) is 0 Å². The minimum absolute atomic E-state index is 0.00890. The molecule has 1 aromatic carbocycles. The number of carbonyl (C=O) groups excluding carboxylic acids is 1. The van der Waals surface area contributed by atoms with Crippen LogP contribution in [-0.2, 0) is 5.54 Å². The molecule has 6 heteroatoms. The minimum atomic E-state index is -0.323. The Balaban J connectivity index is 1.40. The fourth-order valence-electron chi connectivity index (χ4n) is 4.31. The molecule has 0 spiro atoms. The summed E-state index contributed by atoms with van der Waals surface area (Å²) in [5.41, 5.74) is 4.38. The molecule has 5 rings (SSSR count). The molecule has 0 atom stereocenters. The molecule has 1 N–H and O–H groups in total. The molecule has 1 saturated heterocycles. The standard InChI is InChI=1S/C24H27N5O/c1-16-6-7-17(29-14-18(15-29)28(2)3)13-20(16)23(30)27-24(9-10-24)21-8-12-26-22-19(21)5-4-11-25-22/h4-8,11-13,18H,9-10,14-15H2,1-3H3,(H,27,30). The number of likely N-dealkylation sites (N-methyl/N-ethyl adjacent to an activating group) is 1. The lowest BCUT2D eigenvalue weighted by molar-refractivity contribution is 0.0930. The van der Waals surface area contributed by atoms with Crippen LogP contribution in [0.1, 0.15) is 34.3 Å². The molecule has 2 aliphatic rings. The van der Waals surface area contributed by atoms with Crippen molar-refractivity contribution in [3.05, 3.63) is 65.5 Å². The van der Waals surface area contributed by atoms with E-state index in [4.69, 9.17) is 0 Å². The maximum Gasteiger partial charge on any atom is 0.252 e. The Kier molecular flexibility index (Phi) is 4.47. The zero-order valence-corrected chi connectivity index (χ0v) is 17.7. The molecule has 154 valence electrons. The molecule has 2 fully saturated rings. The van der Waals surface area contributed by atoms with Crippen LogP contribution >= 0.6 is 0 Å². The van der Waals surface area contributed by atoms with Crippen molar-refractivity contribution in [1.82, 2.24) is 20.2 Å². The van der Waals surface area contributed by atoms with E-state index in [0.717, 1.165) is 59.3 Å². The summed E-state index contributed by atoms with van der Waals surface area (Å²) < 4.78 is 0. The average molecular weight is 402 g/mol. The molecule has 0 unspecified atom stereocenters. The van der Waals surface area contributed by atoms with Crippen LogP contribution in [0.3, 0.4) is 0 Å². The van der Waals surface area contributed by atoms with Gasteiger partial charge in [-0.05, 0) is 75.3 Å². The fourth-order valence-corrected chi connectivity index (χ4v) is 4.31. The van der Waals surface area contributed by atoms with Crippen molar-refractivity contribution in [3.63, 3.8) is 0 Å². The van der Waals surface area contributed by atoms with Gasteiger partial charge in [0.15, 0.2) is 5.65 Å². The van der Waals surface area contributed by atoms with Gasteiger partial charge in [0.2, 0.25) is 0 Å². The number of anilines is 1. The smallest absolute Gasteiger partial charge is 0.252 e. The number of fused-ring (bicyclic) bond motifs is 1. The maximum atomic E-state index is 13.3. The van der Waals surface area contributed by atoms with Crippen molar-refractivity contribution in [2.75, 3.05) is 32.1 Å². The monoisotopic (exact) mass is 401 g/mol. The molecule has 2 aromatic heterocycles. The molecule has 1 aliphatic carbocycles. The number of pyridine rings is 2. The Morgan fingerprint density at radius 3 is 2.63 bits per heavy atom. The van der Waals surface area contributed by atoms with Gasteiger partial charge in [0, 0.05) is 48.2 Å². The topological polar surface area (TPSA) is 61.4 Å². The third-order valence-corrected chi connectivity index (χ3v) is 6.56. The van der Waals surface area contributed by atoms with E-state index in [-0.39, 0.29) is 11.4 Å². The normalized spacial score (nSPS) is 17.8. The first-order valence-corrected chi connectivity index (χ1v) is 10.5. The van der Waals surface area contributed by atoms with E-state index < -0.39 is 0 Å². The van der Waals surface area contributed by atoms with Crippen molar-refractivity contribution in [2.24, 2.45) is 0 Å². The molecular weight excluding hydrogens is 374 g/mol. The Labute approximate surface area is 176 Å². The quantitative estimate of drug-likeness (QED) is 0.712. The summed E-state index contributed by atoms with van der Waals surface area (Å²) >= 11 is 0. The van der Waals surface area contributed by atoms with E-state index in [0.29, 0.717) is 6.04 Å². The van der Waals surface area contributed by atoms with Crippen LogP contribution < -0.4 is 10.2 Å². The van der Waals surface area contributed by atoms with Gasteiger partial charge in [-0.3, -0.25) is 4.79 Å². The molecule has 0 bridgehead atoms.